The highest BCUT2D eigenvalue weighted by Gasteiger charge is 2.07. The van der Waals surface area contributed by atoms with E-state index in [1.54, 1.807) is 25.1 Å². The molecule has 20 heavy (non-hydrogen) atoms. The monoisotopic (exact) mass is 337 g/mol. The van der Waals surface area contributed by atoms with Gasteiger partial charge in [0.1, 0.15) is 6.61 Å². The second kappa shape index (κ2) is 6.86. The fraction of sp³-hybridized carbons (Fsp3) is 0.250. The third-order valence-electron chi connectivity index (χ3n) is 3.04. The Labute approximate surface area is 127 Å². The molecule has 0 aliphatic heterocycles. The van der Waals surface area contributed by atoms with Crippen molar-refractivity contribution in [2.75, 3.05) is 7.05 Å². The molecule has 2 aromatic rings. The number of benzene rings is 2. The van der Waals surface area contributed by atoms with Crippen LogP contribution < -0.4 is 10.1 Å². The minimum Gasteiger partial charge on any atom is -0.486 e. The molecule has 2 nitrogen and oxygen atoms in total. The molecule has 0 atom stereocenters. The summed E-state index contributed by atoms with van der Waals surface area (Å²) in [5, 5.41) is 3.10. The smallest absolute Gasteiger partial charge is 0.167 e. The molecule has 0 bridgehead atoms. The SMILES string of the molecule is CNCc1ccc(COc2cccc(C)c2F)c(Br)c1. The second-order valence-corrected chi connectivity index (χ2v) is 5.49. The molecule has 0 aromatic heterocycles. The minimum atomic E-state index is -0.296. The summed E-state index contributed by atoms with van der Waals surface area (Å²) in [6.07, 6.45) is 0. The predicted octanol–water partition coefficient (Wildman–Crippen LogP) is 4.20. The lowest BCUT2D eigenvalue weighted by Gasteiger charge is -2.11. The first-order valence-corrected chi connectivity index (χ1v) is 7.21. The van der Waals surface area contributed by atoms with Crippen LogP contribution in [-0.4, -0.2) is 7.05 Å². The normalized spacial score (nSPS) is 10.6. The summed E-state index contributed by atoms with van der Waals surface area (Å²) >= 11 is 3.52. The lowest BCUT2D eigenvalue weighted by molar-refractivity contribution is 0.289. The molecule has 0 spiro atoms. The molecule has 2 rings (SSSR count). The van der Waals surface area contributed by atoms with Crippen LogP contribution in [0.15, 0.2) is 40.9 Å². The number of aryl methyl sites for hydroxylation is 1. The van der Waals surface area contributed by atoms with Crippen LogP contribution in [0.25, 0.3) is 0 Å². The van der Waals surface area contributed by atoms with Gasteiger partial charge in [0.15, 0.2) is 11.6 Å². The van der Waals surface area contributed by atoms with Gasteiger partial charge in [0.05, 0.1) is 0 Å². The Morgan fingerprint density at radius 3 is 2.75 bits per heavy atom. The second-order valence-electron chi connectivity index (χ2n) is 4.63. The summed E-state index contributed by atoms with van der Waals surface area (Å²) in [6.45, 7) is 2.87. The quantitative estimate of drug-likeness (QED) is 0.882. The highest BCUT2D eigenvalue weighted by atomic mass is 79.9. The van der Waals surface area contributed by atoms with Crippen LogP contribution >= 0.6 is 15.9 Å². The summed E-state index contributed by atoms with van der Waals surface area (Å²) in [5.41, 5.74) is 2.77. The van der Waals surface area contributed by atoms with Gasteiger partial charge in [0.25, 0.3) is 0 Å². The Hall–Kier alpha value is -1.39. The summed E-state index contributed by atoms with van der Waals surface area (Å²) in [5.74, 6) is -0.00775. The van der Waals surface area contributed by atoms with Gasteiger partial charge in [0, 0.05) is 16.6 Å². The zero-order valence-corrected chi connectivity index (χ0v) is 13.1. The van der Waals surface area contributed by atoms with Crippen LogP contribution in [0.4, 0.5) is 4.39 Å². The third kappa shape index (κ3) is 3.58. The van der Waals surface area contributed by atoms with E-state index in [-0.39, 0.29) is 11.6 Å². The van der Waals surface area contributed by atoms with Gasteiger partial charge < -0.3 is 10.1 Å². The average molecular weight is 338 g/mol. The Kier molecular flexibility index (Phi) is 5.15. The summed E-state index contributed by atoms with van der Waals surface area (Å²) < 4.78 is 20.4. The fourth-order valence-electron chi connectivity index (χ4n) is 1.91. The first-order chi connectivity index (χ1) is 9.61. The van der Waals surface area contributed by atoms with Crippen molar-refractivity contribution >= 4 is 15.9 Å². The topological polar surface area (TPSA) is 21.3 Å². The van der Waals surface area contributed by atoms with Gasteiger partial charge >= 0.3 is 0 Å². The third-order valence-corrected chi connectivity index (χ3v) is 3.78. The van der Waals surface area contributed by atoms with Crippen molar-refractivity contribution in [3.8, 4) is 5.75 Å². The standard InChI is InChI=1S/C16H17BrFNO/c1-11-4-3-5-15(16(11)18)20-10-13-7-6-12(9-19-2)8-14(13)17/h3-8,19H,9-10H2,1-2H3. The van der Waals surface area contributed by atoms with E-state index in [4.69, 9.17) is 4.74 Å². The molecular formula is C16H17BrFNO. The van der Waals surface area contributed by atoms with Crippen molar-refractivity contribution in [2.45, 2.75) is 20.1 Å². The Bertz CT molecular complexity index is 601. The lowest BCUT2D eigenvalue weighted by atomic mass is 10.1. The molecule has 0 unspecified atom stereocenters. The number of nitrogens with one attached hydrogen (secondary N) is 1. The van der Waals surface area contributed by atoms with Crippen LogP contribution in [0.3, 0.4) is 0 Å². The van der Waals surface area contributed by atoms with Gasteiger partial charge in [-0.15, -0.1) is 0 Å². The maximum absolute atomic E-state index is 13.8. The molecule has 1 N–H and O–H groups in total. The zero-order chi connectivity index (χ0) is 14.5. The Balaban J connectivity index is 2.09. The van der Waals surface area contributed by atoms with E-state index >= 15 is 0 Å². The molecule has 4 heteroatoms. The van der Waals surface area contributed by atoms with Crippen LogP contribution in [-0.2, 0) is 13.2 Å². The molecule has 0 amide bonds. The van der Waals surface area contributed by atoms with Crippen molar-refractivity contribution in [1.29, 1.82) is 0 Å². The van der Waals surface area contributed by atoms with E-state index in [1.807, 2.05) is 25.2 Å². The van der Waals surface area contributed by atoms with E-state index in [1.165, 1.54) is 5.56 Å². The molecule has 0 saturated carbocycles. The van der Waals surface area contributed by atoms with Gasteiger partial charge in [-0.1, -0.05) is 40.2 Å². The molecule has 106 valence electrons. The van der Waals surface area contributed by atoms with Crippen LogP contribution in [0, 0.1) is 12.7 Å². The van der Waals surface area contributed by atoms with E-state index in [0.717, 1.165) is 16.6 Å². The minimum absolute atomic E-state index is 0.288. The van der Waals surface area contributed by atoms with Gasteiger partial charge in [-0.2, -0.15) is 0 Å². The number of hydrogen-bond donors (Lipinski definition) is 1. The number of hydrogen-bond acceptors (Lipinski definition) is 2. The van der Waals surface area contributed by atoms with Crippen LogP contribution in [0.2, 0.25) is 0 Å². The highest BCUT2D eigenvalue weighted by Crippen LogP contribution is 2.24. The maximum Gasteiger partial charge on any atom is 0.167 e. The van der Waals surface area contributed by atoms with Gasteiger partial charge in [-0.05, 0) is 37.2 Å². The predicted molar refractivity (Wildman–Crippen MR) is 82.4 cm³/mol. The van der Waals surface area contributed by atoms with Crippen LogP contribution in [0.1, 0.15) is 16.7 Å². The number of halogens is 2. The molecule has 0 fully saturated rings. The number of rotatable bonds is 5. The lowest BCUT2D eigenvalue weighted by Crippen LogP contribution is -2.05. The molecule has 0 aliphatic carbocycles. The van der Waals surface area contributed by atoms with E-state index in [2.05, 4.69) is 21.2 Å². The fourth-order valence-corrected chi connectivity index (χ4v) is 2.45. The van der Waals surface area contributed by atoms with Crippen molar-refractivity contribution in [3.63, 3.8) is 0 Å². The van der Waals surface area contributed by atoms with Crippen molar-refractivity contribution < 1.29 is 9.13 Å². The first kappa shape index (κ1) is 15.0. The Morgan fingerprint density at radius 2 is 2.05 bits per heavy atom. The van der Waals surface area contributed by atoms with E-state index in [9.17, 15) is 4.39 Å². The molecule has 0 heterocycles. The summed E-state index contributed by atoms with van der Waals surface area (Å²) in [4.78, 5) is 0. The first-order valence-electron chi connectivity index (χ1n) is 6.41. The van der Waals surface area contributed by atoms with E-state index < -0.39 is 0 Å². The largest absolute Gasteiger partial charge is 0.486 e. The average Bonchev–Trinajstić information content (AvgIpc) is 2.42. The molecule has 2 aromatic carbocycles. The van der Waals surface area contributed by atoms with Crippen molar-refractivity contribution in [1.82, 2.24) is 5.32 Å². The summed E-state index contributed by atoms with van der Waals surface area (Å²) in [6, 6.07) is 11.2. The molecule has 0 aliphatic rings. The van der Waals surface area contributed by atoms with Crippen LogP contribution in [0.5, 0.6) is 5.75 Å². The molecular weight excluding hydrogens is 321 g/mol. The maximum atomic E-state index is 13.8. The number of ether oxygens (including phenoxy) is 1. The highest BCUT2D eigenvalue weighted by molar-refractivity contribution is 9.10. The van der Waals surface area contributed by atoms with Gasteiger partial charge in [-0.3, -0.25) is 0 Å². The molecule has 0 saturated heterocycles. The molecule has 0 radical (unpaired) electrons. The van der Waals surface area contributed by atoms with Crippen molar-refractivity contribution in [2.24, 2.45) is 0 Å². The van der Waals surface area contributed by atoms with E-state index in [0.29, 0.717) is 12.2 Å². The zero-order valence-electron chi connectivity index (χ0n) is 11.5. The van der Waals surface area contributed by atoms with Gasteiger partial charge in [-0.25, -0.2) is 4.39 Å². The summed E-state index contributed by atoms with van der Waals surface area (Å²) in [7, 11) is 1.91. The Morgan fingerprint density at radius 1 is 1.25 bits per heavy atom. The van der Waals surface area contributed by atoms with Gasteiger partial charge in [0.2, 0.25) is 0 Å². The van der Waals surface area contributed by atoms with Crippen molar-refractivity contribution in [3.05, 3.63) is 63.4 Å².